The number of sulfone groups is 1. The molecule has 0 N–H and O–H groups in total. The highest BCUT2D eigenvalue weighted by Gasteiger charge is 2.74. The molecule has 4 nitrogen and oxygen atoms in total. The van der Waals surface area contributed by atoms with Crippen molar-refractivity contribution in [2.24, 2.45) is 5.92 Å². The van der Waals surface area contributed by atoms with E-state index in [0.717, 1.165) is 5.56 Å². The van der Waals surface area contributed by atoms with E-state index in [-0.39, 0.29) is 30.9 Å². The second kappa shape index (κ2) is 4.77. The smallest absolute Gasteiger partial charge is 0.328 e. The van der Waals surface area contributed by atoms with E-state index in [1.165, 1.54) is 0 Å². The number of carbonyl (C=O) groups excluding carboxylic acids is 1. The molecule has 20 heavy (non-hydrogen) atoms. The maximum atomic E-state index is 12.6. The van der Waals surface area contributed by atoms with Crippen molar-refractivity contribution < 1.29 is 17.9 Å². The molecule has 1 aliphatic carbocycles. The maximum Gasteiger partial charge on any atom is 0.328 e. The predicted molar refractivity (Wildman–Crippen MR) is 79.9 cm³/mol. The van der Waals surface area contributed by atoms with Crippen LogP contribution in [0.5, 0.6) is 0 Å². The van der Waals surface area contributed by atoms with Gasteiger partial charge in [-0.25, -0.2) is 8.42 Å². The molecule has 6 heteroatoms. The van der Waals surface area contributed by atoms with Gasteiger partial charge in [-0.15, -0.1) is 0 Å². The van der Waals surface area contributed by atoms with Gasteiger partial charge < -0.3 is 4.74 Å². The van der Waals surface area contributed by atoms with Crippen molar-refractivity contribution >= 4 is 29.3 Å². The minimum Gasteiger partial charge on any atom is -0.464 e. The maximum absolute atomic E-state index is 12.6. The molecule has 3 rings (SSSR count). The molecule has 0 spiro atoms. The molecule has 2 atom stereocenters. The molecule has 1 saturated heterocycles. The standard InChI is InChI=1S/C14H16O4S.H2S/c1-9(2)10-3-5-12(6-4-10)19(16,17)14-7-11(14)8-18-13(14)15;/h3-6,9,11H,7-8H2,1-2H3;1H2/t11-,14+;/m0./s1. The van der Waals surface area contributed by atoms with Crippen LogP contribution in [-0.2, 0) is 19.4 Å². The average molecular weight is 314 g/mol. The third-order valence-corrected chi connectivity index (χ3v) is 6.67. The first-order valence-electron chi connectivity index (χ1n) is 6.41. The number of fused-ring (bicyclic) bond motifs is 1. The summed E-state index contributed by atoms with van der Waals surface area (Å²) in [5.41, 5.74) is 1.08. The highest BCUT2D eigenvalue weighted by atomic mass is 32.2. The lowest BCUT2D eigenvalue weighted by molar-refractivity contribution is -0.140. The van der Waals surface area contributed by atoms with Crippen LogP contribution in [0.2, 0.25) is 0 Å². The molecule has 1 saturated carbocycles. The third-order valence-electron chi connectivity index (χ3n) is 4.15. The van der Waals surface area contributed by atoms with Crippen molar-refractivity contribution in [3.8, 4) is 0 Å². The molecule has 1 aromatic rings. The van der Waals surface area contributed by atoms with Crippen LogP contribution in [-0.4, -0.2) is 25.7 Å². The van der Waals surface area contributed by atoms with E-state index in [4.69, 9.17) is 4.74 Å². The molecule has 110 valence electrons. The number of carbonyl (C=O) groups is 1. The van der Waals surface area contributed by atoms with Gasteiger partial charge in [0.15, 0.2) is 14.6 Å². The van der Waals surface area contributed by atoms with Crippen LogP contribution in [0, 0.1) is 5.92 Å². The Kier molecular flexibility index (Phi) is 3.67. The molecule has 2 fully saturated rings. The Labute approximate surface area is 125 Å². The van der Waals surface area contributed by atoms with Crippen molar-refractivity contribution in [3.05, 3.63) is 29.8 Å². The van der Waals surface area contributed by atoms with Crippen molar-refractivity contribution in [2.45, 2.75) is 35.8 Å². The zero-order chi connectivity index (χ0) is 13.8. The molecule has 0 aromatic heterocycles. The number of hydrogen-bond acceptors (Lipinski definition) is 4. The van der Waals surface area contributed by atoms with E-state index in [1.807, 2.05) is 26.0 Å². The fraction of sp³-hybridized carbons (Fsp3) is 0.500. The first-order valence-corrected chi connectivity index (χ1v) is 7.90. The molecule has 1 aromatic carbocycles. The topological polar surface area (TPSA) is 60.4 Å². The summed E-state index contributed by atoms with van der Waals surface area (Å²) >= 11 is 0. The van der Waals surface area contributed by atoms with Gasteiger partial charge in [0.2, 0.25) is 0 Å². The van der Waals surface area contributed by atoms with Crippen LogP contribution in [0.1, 0.15) is 31.7 Å². The normalized spacial score (nSPS) is 27.8. The van der Waals surface area contributed by atoms with Crippen LogP contribution >= 0.6 is 13.5 Å². The minimum atomic E-state index is -3.63. The molecule has 2 aliphatic rings. The fourth-order valence-electron chi connectivity index (χ4n) is 2.73. The monoisotopic (exact) mass is 314 g/mol. The van der Waals surface area contributed by atoms with Gasteiger partial charge in [0.25, 0.3) is 0 Å². The van der Waals surface area contributed by atoms with Gasteiger partial charge in [0, 0.05) is 5.92 Å². The lowest BCUT2D eigenvalue weighted by Gasteiger charge is -2.12. The first-order chi connectivity index (χ1) is 8.89. The zero-order valence-corrected chi connectivity index (χ0v) is 13.2. The number of benzene rings is 1. The molecule has 0 amide bonds. The van der Waals surface area contributed by atoms with Gasteiger partial charge in [0.1, 0.15) is 0 Å². The summed E-state index contributed by atoms with van der Waals surface area (Å²) in [6.07, 6.45) is 0.403. The Morgan fingerprint density at radius 2 is 1.85 bits per heavy atom. The molecule has 0 bridgehead atoms. The number of rotatable bonds is 3. The summed E-state index contributed by atoms with van der Waals surface area (Å²) in [4.78, 5) is 12.0. The van der Waals surface area contributed by atoms with Crippen LogP contribution in [0.4, 0.5) is 0 Å². The van der Waals surface area contributed by atoms with Crippen molar-refractivity contribution in [1.29, 1.82) is 0 Å². The zero-order valence-electron chi connectivity index (χ0n) is 11.4. The largest absolute Gasteiger partial charge is 0.464 e. The summed E-state index contributed by atoms with van der Waals surface area (Å²) in [6, 6.07) is 6.82. The van der Waals surface area contributed by atoms with Crippen molar-refractivity contribution in [3.63, 3.8) is 0 Å². The highest BCUT2D eigenvalue weighted by molar-refractivity contribution is 7.94. The summed E-state index contributed by atoms with van der Waals surface area (Å²) in [6.45, 7) is 4.34. The summed E-state index contributed by atoms with van der Waals surface area (Å²) < 4.78 is 28.8. The summed E-state index contributed by atoms with van der Waals surface area (Å²) in [7, 11) is -3.63. The number of esters is 1. The Hall–Kier alpha value is -1.01. The molecule has 1 aliphatic heterocycles. The van der Waals surface area contributed by atoms with Crippen LogP contribution in [0.3, 0.4) is 0 Å². The third kappa shape index (κ3) is 1.89. The van der Waals surface area contributed by atoms with Gasteiger partial charge in [-0.1, -0.05) is 26.0 Å². The lowest BCUT2D eigenvalue weighted by Crippen LogP contribution is -2.31. The number of hydrogen-bond donors (Lipinski definition) is 0. The van der Waals surface area contributed by atoms with Gasteiger partial charge in [0.05, 0.1) is 11.5 Å². The van der Waals surface area contributed by atoms with Gasteiger partial charge in [-0.3, -0.25) is 4.79 Å². The van der Waals surface area contributed by atoms with E-state index in [1.54, 1.807) is 12.1 Å². The van der Waals surface area contributed by atoms with Gasteiger partial charge >= 0.3 is 5.97 Å². The summed E-state index contributed by atoms with van der Waals surface area (Å²) in [5.74, 6) is -0.389. The first kappa shape index (κ1) is 15.4. The van der Waals surface area contributed by atoms with E-state index >= 15 is 0 Å². The second-order valence-corrected chi connectivity index (χ2v) is 7.82. The Balaban J connectivity index is 0.00000147. The van der Waals surface area contributed by atoms with Crippen LogP contribution in [0.15, 0.2) is 29.2 Å². The predicted octanol–water partition coefficient (Wildman–Crippen LogP) is 2.01. The quantitative estimate of drug-likeness (QED) is 0.801. The van der Waals surface area contributed by atoms with E-state index in [0.29, 0.717) is 12.3 Å². The van der Waals surface area contributed by atoms with E-state index < -0.39 is 20.6 Å². The van der Waals surface area contributed by atoms with Gasteiger partial charge in [-0.2, -0.15) is 13.5 Å². The fourth-order valence-corrected chi connectivity index (χ4v) is 4.85. The van der Waals surface area contributed by atoms with Crippen LogP contribution in [0.25, 0.3) is 0 Å². The van der Waals surface area contributed by atoms with E-state index in [9.17, 15) is 13.2 Å². The molecular weight excluding hydrogens is 296 g/mol. The van der Waals surface area contributed by atoms with E-state index in [2.05, 4.69) is 0 Å². The average Bonchev–Trinajstić information content (AvgIpc) is 3.05. The lowest BCUT2D eigenvalue weighted by atomic mass is 10.0. The van der Waals surface area contributed by atoms with Gasteiger partial charge in [-0.05, 0) is 30.0 Å². The highest BCUT2D eigenvalue weighted by Crippen LogP contribution is 2.57. The summed E-state index contributed by atoms with van der Waals surface area (Å²) in [5, 5.41) is 0. The number of cyclic esters (lactones) is 1. The Bertz CT molecular complexity index is 634. The molecule has 1 heterocycles. The Morgan fingerprint density at radius 1 is 1.25 bits per heavy atom. The molecule has 0 radical (unpaired) electrons. The number of ether oxygens (including phenoxy) is 1. The Morgan fingerprint density at radius 3 is 2.25 bits per heavy atom. The van der Waals surface area contributed by atoms with Crippen LogP contribution < -0.4 is 0 Å². The van der Waals surface area contributed by atoms with Crippen molar-refractivity contribution in [2.75, 3.05) is 6.61 Å². The van der Waals surface area contributed by atoms with Crippen molar-refractivity contribution in [1.82, 2.24) is 0 Å². The second-order valence-electron chi connectivity index (χ2n) is 5.62. The molecule has 0 unspecified atom stereocenters. The molecular formula is C14H18O4S2. The SMILES string of the molecule is CC(C)c1ccc(S(=O)(=O)[C@]23C[C@H]2COC3=O)cc1.S. The minimum absolute atomic E-state index is 0.